The molecule has 1 aromatic carbocycles. The van der Waals surface area contributed by atoms with Crippen LogP contribution in [0.1, 0.15) is 12.0 Å². The summed E-state index contributed by atoms with van der Waals surface area (Å²) in [6.07, 6.45) is 2.78. The molecule has 2 heterocycles. The lowest BCUT2D eigenvalue weighted by atomic mass is 10.2. The topological polar surface area (TPSA) is 50.7 Å². The predicted molar refractivity (Wildman–Crippen MR) is 98.4 cm³/mol. The summed E-state index contributed by atoms with van der Waals surface area (Å²) in [6.45, 7) is 3.81. The molecule has 1 fully saturated rings. The standard InChI is InChI=1S/C19H26N4O2/c1-14-7-5-6-8-17(14)25-19-10-18(20-13-21-19)23-12-16(24-4)9-15(23)11-22(2)3/h5-8,10,13,15-16H,9,11-12H2,1-4H3/t15-,16-/m0/s1. The summed E-state index contributed by atoms with van der Waals surface area (Å²) in [6, 6.07) is 10.2. The maximum absolute atomic E-state index is 5.96. The number of hydrogen-bond donors (Lipinski definition) is 0. The molecular formula is C19H26N4O2. The fraction of sp³-hybridized carbons (Fsp3) is 0.474. The first kappa shape index (κ1) is 17.6. The Morgan fingerprint density at radius 2 is 2.04 bits per heavy atom. The van der Waals surface area contributed by atoms with E-state index < -0.39 is 0 Å². The Balaban J connectivity index is 1.81. The molecule has 3 rings (SSSR count). The van der Waals surface area contributed by atoms with Crippen molar-refractivity contribution in [3.05, 3.63) is 42.2 Å². The summed E-state index contributed by atoms with van der Waals surface area (Å²) in [5, 5.41) is 0. The summed E-state index contributed by atoms with van der Waals surface area (Å²) in [5.74, 6) is 2.25. The Morgan fingerprint density at radius 1 is 1.24 bits per heavy atom. The first-order chi connectivity index (χ1) is 12.1. The molecule has 0 bridgehead atoms. The summed E-state index contributed by atoms with van der Waals surface area (Å²) < 4.78 is 11.5. The van der Waals surface area contributed by atoms with Gasteiger partial charge in [0.1, 0.15) is 17.9 Å². The number of anilines is 1. The van der Waals surface area contributed by atoms with Crippen molar-refractivity contribution < 1.29 is 9.47 Å². The van der Waals surface area contributed by atoms with E-state index in [1.807, 2.05) is 37.3 Å². The molecule has 0 spiro atoms. The third-order valence-corrected chi connectivity index (χ3v) is 4.52. The smallest absolute Gasteiger partial charge is 0.224 e. The molecule has 0 aliphatic carbocycles. The summed E-state index contributed by atoms with van der Waals surface area (Å²) in [4.78, 5) is 13.2. The monoisotopic (exact) mass is 342 g/mol. The quantitative estimate of drug-likeness (QED) is 0.804. The number of benzene rings is 1. The van der Waals surface area contributed by atoms with E-state index in [4.69, 9.17) is 9.47 Å². The number of likely N-dealkylation sites (N-methyl/N-ethyl adjacent to an activating group) is 1. The molecule has 2 aromatic rings. The fourth-order valence-corrected chi connectivity index (χ4v) is 3.25. The molecule has 0 amide bonds. The largest absolute Gasteiger partial charge is 0.439 e. The molecule has 1 aliphatic rings. The molecule has 25 heavy (non-hydrogen) atoms. The van der Waals surface area contributed by atoms with Gasteiger partial charge in [-0.25, -0.2) is 9.97 Å². The number of aromatic nitrogens is 2. The maximum atomic E-state index is 5.96. The summed E-state index contributed by atoms with van der Waals surface area (Å²) >= 11 is 0. The predicted octanol–water partition coefficient (Wildman–Crippen LogP) is 2.73. The average Bonchev–Trinajstić information content (AvgIpc) is 2.99. The lowest BCUT2D eigenvalue weighted by molar-refractivity contribution is 0.117. The molecule has 6 heteroatoms. The molecule has 0 N–H and O–H groups in total. The second-order valence-electron chi connectivity index (χ2n) is 6.74. The molecule has 0 saturated carbocycles. The van der Waals surface area contributed by atoms with Crippen LogP contribution in [0.25, 0.3) is 0 Å². The zero-order valence-electron chi connectivity index (χ0n) is 15.3. The van der Waals surface area contributed by atoms with Crippen molar-refractivity contribution in [3.63, 3.8) is 0 Å². The van der Waals surface area contributed by atoms with Crippen molar-refractivity contribution in [2.45, 2.75) is 25.5 Å². The van der Waals surface area contributed by atoms with Crippen molar-refractivity contribution in [1.29, 1.82) is 0 Å². The second kappa shape index (κ2) is 7.80. The number of methoxy groups -OCH3 is 1. The zero-order valence-corrected chi connectivity index (χ0v) is 15.3. The molecule has 1 aliphatic heterocycles. The van der Waals surface area contributed by atoms with Gasteiger partial charge in [-0.15, -0.1) is 0 Å². The first-order valence-corrected chi connectivity index (χ1v) is 8.56. The Morgan fingerprint density at radius 3 is 2.76 bits per heavy atom. The van der Waals surface area contributed by atoms with Crippen LogP contribution in [0.3, 0.4) is 0 Å². The zero-order chi connectivity index (χ0) is 17.8. The Hall–Kier alpha value is -2.18. The third kappa shape index (κ3) is 4.27. The highest BCUT2D eigenvalue weighted by molar-refractivity contribution is 5.45. The lowest BCUT2D eigenvalue weighted by Gasteiger charge is -2.27. The minimum absolute atomic E-state index is 0.223. The van der Waals surface area contributed by atoms with Crippen LogP contribution in [0.15, 0.2) is 36.7 Å². The van der Waals surface area contributed by atoms with Crippen LogP contribution < -0.4 is 9.64 Å². The van der Waals surface area contributed by atoms with Gasteiger partial charge < -0.3 is 19.3 Å². The Kier molecular flexibility index (Phi) is 5.50. The van der Waals surface area contributed by atoms with E-state index in [1.54, 1.807) is 13.4 Å². The minimum Gasteiger partial charge on any atom is -0.439 e. The van der Waals surface area contributed by atoms with Crippen molar-refractivity contribution >= 4 is 5.82 Å². The van der Waals surface area contributed by atoms with E-state index in [2.05, 4.69) is 33.9 Å². The van der Waals surface area contributed by atoms with Gasteiger partial charge in [-0.2, -0.15) is 0 Å². The van der Waals surface area contributed by atoms with Crippen molar-refractivity contribution in [1.82, 2.24) is 14.9 Å². The highest BCUT2D eigenvalue weighted by Crippen LogP contribution is 2.29. The van der Waals surface area contributed by atoms with Crippen LogP contribution in [-0.2, 0) is 4.74 Å². The van der Waals surface area contributed by atoms with Gasteiger partial charge in [-0.3, -0.25) is 0 Å². The number of ether oxygens (including phenoxy) is 2. The van der Waals surface area contributed by atoms with Gasteiger partial charge in [0, 0.05) is 32.3 Å². The van der Waals surface area contributed by atoms with Crippen LogP contribution in [0.4, 0.5) is 5.82 Å². The molecule has 1 aromatic heterocycles. The van der Waals surface area contributed by atoms with Crippen LogP contribution in [0.5, 0.6) is 11.6 Å². The SMILES string of the molecule is CO[C@H]1C[C@@H](CN(C)C)N(c2cc(Oc3ccccc3C)ncn2)C1. The average molecular weight is 342 g/mol. The van der Waals surface area contributed by atoms with E-state index in [1.165, 1.54) is 0 Å². The van der Waals surface area contributed by atoms with Gasteiger partial charge in [0.05, 0.1) is 6.10 Å². The number of nitrogens with zero attached hydrogens (tertiary/aromatic N) is 4. The van der Waals surface area contributed by atoms with Crippen LogP contribution >= 0.6 is 0 Å². The Bertz CT molecular complexity index is 707. The molecule has 6 nitrogen and oxygen atoms in total. The normalized spacial score (nSPS) is 20.3. The van der Waals surface area contributed by atoms with Gasteiger partial charge in [0.2, 0.25) is 5.88 Å². The highest BCUT2D eigenvalue weighted by atomic mass is 16.5. The molecule has 0 unspecified atom stereocenters. The van der Waals surface area contributed by atoms with Crippen LogP contribution in [0, 0.1) is 6.92 Å². The van der Waals surface area contributed by atoms with E-state index in [-0.39, 0.29) is 6.10 Å². The van der Waals surface area contributed by atoms with E-state index in [0.717, 1.165) is 36.6 Å². The molecular weight excluding hydrogens is 316 g/mol. The second-order valence-corrected chi connectivity index (χ2v) is 6.74. The van der Waals surface area contributed by atoms with Gasteiger partial charge >= 0.3 is 0 Å². The summed E-state index contributed by atoms with van der Waals surface area (Å²) in [7, 11) is 5.95. The number of rotatable bonds is 6. The maximum Gasteiger partial charge on any atom is 0.224 e. The first-order valence-electron chi connectivity index (χ1n) is 8.56. The molecule has 134 valence electrons. The minimum atomic E-state index is 0.223. The van der Waals surface area contributed by atoms with E-state index in [9.17, 15) is 0 Å². The fourth-order valence-electron chi connectivity index (χ4n) is 3.25. The van der Waals surface area contributed by atoms with E-state index in [0.29, 0.717) is 11.9 Å². The van der Waals surface area contributed by atoms with Crippen molar-refractivity contribution in [2.24, 2.45) is 0 Å². The lowest BCUT2D eigenvalue weighted by Crippen LogP contribution is -2.38. The number of para-hydroxylation sites is 1. The van der Waals surface area contributed by atoms with E-state index >= 15 is 0 Å². The number of hydrogen-bond acceptors (Lipinski definition) is 6. The van der Waals surface area contributed by atoms with Crippen molar-refractivity contribution in [2.75, 3.05) is 39.2 Å². The van der Waals surface area contributed by atoms with Gasteiger partial charge in [0.15, 0.2) is 0 Å². The molecule has 1 saturated heterocycles. The highest BCUT2D eigenvalue weighted by Gasteiger charge is 2.33. The molecule has 2 atom stereocenters. The third-order valence-electron chi connectivity index (χ3n) is 4.52. The van der Waals surface area contributed by atoms with Crippen LogP contribution in [-0.4, -0.2) is 61.3 Å². The number of aryl methyl sites for hydroxylation is 1. The van der Waals surface area contributed by atoms with Crippen LogP contribution in [0.2, 0.25) is 0 Å². The Labute approximate surface area is 149 Å². The van der Waals surface area contributed by atoms with Gasteiger partial charge in [-0.1, -0.05) is 18.2 Å². The van der Waals surface area contributed by atoms with Gasteiger partial charge in [-0.05, 0) is 39.1 Å². The molecule has 0 radical (unpaired) electrons. The van der Waals surface area contributed by atoms with Gasteiger partial charge in [0.25, 0.3) is 0 Å². The summed E-state index contributed by atoms with van der Waals surface area (Å²) in [5.41, 5.74) is 1.08. The van der Waals surface area contributed by atoms with Crippen molar-refractivity contribution in [3.8, 4) is 11.6 Å².